The van der Waals surface area contributed by atoms with Gasteiger partial charge in [-0.25, -0.2) is 13.2 Å². The number of rotatable bonds is 2. The Kier molecular flexibility index (Phi) is 2.80. The van der Waals surface area contributed by atoms with Crippen LogP contribution in [0.25, 0.3) is 0 Å². The van der Waals surface area contributed by atoms with Crippen molar-refractivity contribution in [3.63, 3.8) is 0 Å². The van der Waals surface area contributed by atoms with Crippen LogP contribution in [0.3, 0.4) is 0 Å². The third-order valence-corrected chi connectivity index (χ3v) is 4.08. The molecular formula is C10H12N2O4S. The predicted octanol–water partition coefficient (Wildman–Crippen LogP) is 0.461. The van der Waals surface area contributed by atoms with Gasteiger partial charge in [0.1, 0.15) is 4.90 Å². The molecule has 1 aromatic carbocycles. The lowest BCUT2D eigenvalue weighted by Crippen LogP contribution is -2.43. The largest absolute Gasteiger partial charge is 0.478 e. The van der Waals surface area contributed by atoms with E-state index in [0.717, 1.165) is 0 Å². The van der Waals surface area contributed by atoms with E-state index in [9.17, 15) is 13.2 Å². The molecule has 0 aromatic heterocycles. The molecule has 0 fully saturated rings. The first-order chi connectivity index (χ1) is 7.95. The molecule has 1 aromatic rings. The van der Waals surface area contributed by atoms with Crippen LogP contribution in [0.4, 0.5) is 5.69 Å². The van der Waals surface area contributed by atoms with Crippen molar-refractivity contribution in [1.82, 2.24) is 4.72 Å². The summed E-state index contributed by atoms with van der Waals surface area (Å²) in [6.45, 7) is 2.74. The minimum atomic E-state index is -3.60. The molecule has 0 atom stereocenters. The molecule has 1 aliphatic heterocycles. The zero-order valence-corrected chi connectivity index (χ0v) is 9.99. The van der Waals surface area contributed by atoms with Gasteiger partial charge in [-0.2, -0.15) is 4.72 Å². The van der Waals surface area contributed by atoms with Crippen LogP contribution in [0.15, 0.2) is 23.1 Å². The Labute approximate surface area is 98.9 Å². The molecule has 2 rings (SSSR count). The smallest absolute Gasteiger partial charge is 0.335 e. The van der Waals surface area contributed by atoms with Crippen molar-refractivity contribution in [3.05, 3.63) is 23.8 Å². The topological polar surface area (TPSA) is 86.7 Å². The van der Waals surface area contributed by atoms with Gasteiger partial charge in [0, 0.05) is 6.54 Å². The van der Waals surface area contributed by atoms with E-state index >= 15 is 0 Å². The SMILES string of the molecule is CCN1CNS(=O)(=O)c2cc(C(=O)O)ccc21. The Hall–Kier alpha value is -1.60. The van der Waals surface area contributed by atoms with Crippen LogP contribution in [0.1, 0.15) is 17.3 Å². The molecule has 0 saturated heterocycles. The highest BCUT2D eigenvalue weighted by Crippen LogP contribution is 2.29. The van der Waals surface area contributed by atoms with Crippen LogP contribution in [-0.2, 0) is 10.0 Å². The van der Waals surface area contributed by atoms with Crippen molar-refractivity contribution in [3.8, 4) is 0 Å². The number of anilines is 1. The molecule has 0 spiro atoms. The molecule has 2 N–H and O–H groups in total. The van der Waals surface area contributed by atoms with Gasteiger partial charge in [-0.15, -0.1) is 0 Å². The van der Waals surface area contributed by atoms with Gasteiger partial charge < -0.3 is 10.0 Å². The van der Waals surface area contributed by atoms with Gasteiger partial charge in [0.2, 0.25) is 10.0 Å². The van der Waals surface area contributed by atoms with E-state index in [1.54, 1.807) is 0 Å². The maximum atomic E-state index is 11.8. The Morgan fingerprint density at radius 3 is 2.82 bits per heavy atom. The zero-order valence-electron chi connectivity index (χ0n) is 9.17. The van der Waals surface area contributed by atoms with Crippen molar-refractivity contribution >= 4 is 21.7 Å². The van der Waals surface area contributed by atoms with Crippen molar-refractivity contribution < 1.29 is 18.3 Å². The van der Waals surface area contributed by atoms with Crippen LogP contribution in [0.2, 0.25) is 0 Å². The number of carboxylic acids is 1. The van der Waals surface area contributed by atoms with Gasteiger partial charge >= 0.3 is 5.97 Å². The van der Waals surface area contributed by atoms with Crippen LogP contribution in [0.5, 0.6) is 0 Å². The van der Waals surface area contributed by atoms with Crippen molar-refractivity contribution in [1.29, 1.82) is 0 Å². The summed E-state index contributed by atoms with van der Waals surface area (Å²) in [6, 6.07) is 4.12. The average molecular weight is 256 g/mol. The van der Waals surface area contributed by atoms with E-state index in [1.807, 2.05) is 11.8 Å². The minimum Gasteiger partial charge on any atom is -0.478 e. The van der Waals surface area contributed by atoms with E-state index in [-0.39, 0.29) is 17.1 Å². The van der Waals surface area contributed by atoms with Crippen molar-refractivity contribution in [2.24, 2.45) is 0 Å². The summed E-state index contributed by atoms with van der Waals surface area (Å²) in [5.74, 6) is -1.14. The fourth-order valence-corrected chi connectivity index (χ4v) is 2.97. The van der Waals surface area contributed by atoms with Crippen molar-refractivity contribution in [2.75, 3.05) is 18.1 Å². The molecule has 6 nitrogen and oxygen atoms in total. The third kappa shape index (κ3) is 1.98. The summed E-state index contributed by atoms with van der Waals surface area (Å²) in [6.07, 6.45) is 0. The molecule has 0 aliphatic carbocycles. The van der Waals surface area contributed by atoms with Crippen LogP contribution in [0, 0.1) is 0 Å². The summed E-state index contributed by atoms with van der Waals surface area (Å²) in [5.41, 5.74) is 0.503. The highest BCUT2D eigenvalue weighted by Gasteiger charge is 2.27. The van der Waals surface area contributed by atoms with E-state index in [1.165, 1.54) is 18.2 Å². The third-order valence-electron chi connectivity index (χ3n) is 2.66. The molecular weight excluding hydrogens is 244 g/mol. The lowest BCUT2D eigenvalue weighted by molar-refractivity contribution is 0.0696. The molecule has 0 amide bonds. The molecule has 17 heavy (non-hydrogen) atoms. The number of fused-ring (bicyclic) bond motifs is 1. The Morgan fingerprint density at radius 2 is 2.24 bits per heavy atom. The number of carbonyl (C=O) groups is 1. The number of carboxylic acid groups (broad SMARTS) is 1. The van der Waals surface area contributed by atoms with Gasteiger partial charge in [0.25, 0.3) is 0 Å². The van der Waals surface area contributed by atoms with Crippen molar-refractivity contribution in [2.45, 2.75) is 11.8 Å². The van der Waals surface area contributed by atoms with Gasteiger partial charge in [-0.05, 0) is 25.1 Å². The maximum Gasteiger partial charge on any atom is 0.335 e. The van der Waals surface area contributed by atoms with E-state index < -0.39 is 16.0 Å². The first kappa shape index (κ1) is 11.9. The molecule has 92 valence electrons. The summed E-state index contributed by atoms with van der Waals surface area (Å²) >= 11 is 0. The standard InChI is InChI=1S/C10H12N2O4S/c1-2-12-6-11-17(15,16)9-5-7(10(13)14)3-4-8(9)12/h3-5,11H,2,6H2,1H3,(H,13,14). The van der Waals surface area contributed by atoms with Crippen LogP contribution >= 0.6 is 0 Å². The number of nitrogens with one attached hydrogen (secondary N) is 1. The lowest BCUT2D eigenvalue weighted by Gasteiger charge is -2.30. The molecule has 0 saturated carbocycles. The summed E-state index contributed by atoms with van der Waals surface area (Å²) in [4.78, 5) is 12.7. The Balaban J connectivity index is 2.64. The highest BCUT2D eigenvalue weighted by molar-refractivity contribution is 7.89. The first-order valence-corrected chi connectivity index (χ1v) is 6.56. The Bertz CT molecular complexity index is 568. The highest BCUT2D eigenvalue weighted by atomic mass is 32.2. The lowest BCUT2D eigenvalue weighted by atomic mass is 10.2. The fourth-order valence-electron chi connectivity index (χ4n) is 1.73. The minimum absolute atomic E-state index is 0.0190. The Morgan fingerprint density at radius 1 is 1.53 bits per heavy atom. The second-order valence-corrected chi connectivity index (χ2v) is 5.38. The van der Waals surface area contributed by atoms with Gasteiger partial charge in [0.15, 0.2) is 0 Å². The second-order valence-electron chi connectivity index (χ2n) is 3.65. The second kappa shape index (κ2) is 4.01. The van der Waals surface area contributed by atoms with Crippen LogP contribution < -0.4 is 9.62 Å². The maximum absolute atomic E-state index is 11.8. The number of aromatic carboxylic acids is 1. The summed E-state index contributed by atoms with van der Waals surface area (Å²) in [7, 11) is -3.60. The summed E-state index contributed by atoms with van der Waals surface area (Å²) in [5, 5.41) is 8.85. The molecule has 0 radical (unpaired) electrons. The first-order valence-electron chi connectivity index (χ1n) is 5.07. The van der Waals surface area contributed by atoms with E-state index in [2.05, 4.69) is 4.72 Å². The van der Waals surface area contributed by atoms with Gasteiger partial charge in [0.05, 0.1) is 17.9 Å². The molecule has 0 unspecified atom stereocenters. The quantitative estimate of drug-likeness (QED) is 0.802. The number of nitrogens with zero attached hydrogens (tertiary/aromatic N) is 1. The number of hydrogen-bond donors (Lipinski definition) is 2. The number of sulfonamides is 1. The molecule has 0 bridgehead atoms. The molecule has 1 heterocycles. The predicted molar refractivity (Wildman–Crippen MR) is 61.6 cm³/mol. The summed E-state index contributed by atoms with van der Waals surface area (Å²) < 4.78 is 25.9. The zero-order chi connectivity index (χ0) is 12.6. The fraction of sp³-hybridized carbons (Fsp3) is 0.300. The van der Waals surface area contributed by atoms with Crippen LogP contribution in [-0.4, -0.2) is 32.7 Å². The average Bonchev–Trinajstić information content (AvgIpc) is 2.29. The monoisotopic (exact) mass is 256 g/mol. The van der Waals surface area contributed by atoms with Gasteiger partial charge in [-0.1, -0.05) is 0 Å². The van der Waals surface area contributed by atoms with Gasteiger partial charge in [-0.3, -0.25) is 0 Å². The van der Waals surface area contributed by atoms with E-state index in [4.69, 9.17) is 5.11 Å². The van der Waals surface area contributed by atoms with E-state index in [0.29, 0.717) is 12.2 Å². The normalized spacial score (nSPS) is 17.6. The molecule has 7 heteroatoms. The number of benzene rings is 1. The number of hydrogen-bond acceptors (Lipinski definition) is 4. The molecule has 1 aliphatic rings.